The highest BCUT2D eigenvalue weighted by Gasteiger charge is 2.28. The number of carbonyl (C=O) groups is 3. The maximum absolute atomic E-state index is 12.7. The number of rotatable bonds is 5. The van der Waals surface area contributed by atoms with Crippen molar-refractivity contribution in [3.8, 4) is 0 Å². The van der Waals surface area contributed by atoms with Crippen LogP contribution < -0.4 is 5.32 Å². The van der Waals surface area contributed by atoms with E-state index in [9.17, 15) is 14.4 Å². The highest BCUT2D eigenvalue weighted by Crippen LogP contribution is 2.37. The van der Waals surface area contributed by atoms with E-state index in [1.807, 2.05) is 45.0 Å². The fourth-order valence-electron chi connectivity index (χ4n) is 4.85. The van der Waals surface area contributed by atoms with Crippen LogP contribution in [0.15, 0.2) is 48.5 Å². The molecule has 0 aromatic heterocycles. The third-order valence-electron chi connectivity index (χ3n) is 6.57. The molecule has 2 aromatic rings. The van der Waals surface area contributed by atoms with Crippen LogP contribution in [0.3, 0.4) is 0 Å². The van der Waals surface area contributed by atoms with Crippen molar-refractivity contribution in [2.75, 3.05) is 14.2 Å². The highest BCUT2D eigenvalue weighted by atomic mass is 16.6. The SMILES string of the molecule is COC(=O)c1ccc(C2CCC[C@H](c3ccc(C(=O)OC)cc3)CC(NC(=O)OC(C)(C)C)C2)cc1. The lowest BCUT2D eigenvalue weighted by Crippen LogP contribution is -2.41. The van der Waals surface area contributed by atoms with E-state index in [4.69, 9.17) is 14.2 Å². The van der Waals surface area contributed by atoms with E-state index in [0.717, 1.165) is 43.2 Å². The quantitative estimate of drug-likeness (QED) is 0.405. The zero-order valence-corrected chi connectivity index (χ0v) is 21.8. The van der Waals surface area contributed by atoms with Gasteiger partial charge in [0.25, 0.3) is 0 Å². The first kappa shape index (κ1) is 27.2. The molecule has 7 heteroatoms. The Balaban J connectivity index is 1.80. The summed E-state index contributed by atoms with van der Waals surface area (Å²) in [6, 6.07) is 15.0. The van der Waals surface area contributed by atoms with E-state index in [1.165, 1.54) is 14.2 Å². The molecule has 0 saturated heterocycles. The largest absolute Gasteiger partial charge is 0.465 e. The van der Waals surface area contributed by atoms with Gasteiger partial charge in [0.2, 0.25) is 0 Å². The molecule has 0 heterocycles. The van der Waals surface area contributed by atoms with Crippen molar-refractivity contribution in [2.45, 2.75) is 76.4 Å². The molecule has 3 rings (SSSR count). The molecular formula is C29H37NO6. The van der Waals surface area contributed by atoms with Crippen LogP contribution in [-0.4, -0.2) is 43.9 Å². The molecular weight excluding hydrogens is 458 g/mol. The molecule has 3 atom stereocenters. The van der Waals surface area contributed by atoms with Crippen LogP contribution in [0.25, 0.3) is 0 Å². The lowest BCUT2D eigenvalue weighted by atomic mass is 9.78. The molecule has 1 aliphatic rings. The summed E-state index contributed by atoms with van der Waals surface area (Å²) in [6.45, 7) is 5.55. The molecule has 0 spiro atoms. The van der Waals surface area contributed by atoms with Gasteiger partial charge in [-0.05, 0) is 93.7 Å². The van der Waals surface area contributed by atoms with Crippen LogP contribution >= 0.6 is 0 Å². The van der Waals surface area contributed by atoms with Crippen molar-refractivity contribution in [1.29, 1.82) is 0 Å². The normalized spacial score (nSPS) is 20.4. The zero-order valence-electron chi connectivity index (χ0n) is 21.8. The monoisotopic (exact) mass is 495 g/mol. The third kappa shape index (κ3) is 7.57. The van der Waals surface area contributed by atoms with E-state index in [1.54, 1.807) is 24.3 Å². The van der Waals surface area contributed by atoms with E-state index >= 15 is 0 Å². The van der Waals surface area contributed by atoms with E-state index < -0.39 is 11.7 Å². The molecule has 194 valence electrons. The fourth-order valence-corrected chi connectivity index (χ4v) is 4.85. The fraction of sp³-hybridized carbons (Fsp3) is 0.483. The van der Waals surface area contributed by atoms with Gasteiger partial charge in [-0.15, -0.1) is 0 Å². The summed E-state index contributed by atoms with van der Waals surface area (Å²) in [5, 5.41) is 3.11. The van der Waals surface area contributed by atoms with Crippen molar-refractivity contribution in [3.63, 3.8) is 0 Å². The van der Waals surface area contributed by atoms with Gasteiger partial charge in [0, 0.05) is 6.04 Å². The number of hydrogen-bond acceptors (Lipinski definition) is 6. The van der Waals surface area contributed by atoms with E-state index in [2.05, 4.69) is 5.32 Å². The number of carbonyl (C=O) groups excluding carboxylic acids is 3. The topological polar surface area (TPSA) is 90.9 Å². The van der Waals surface area contributed by atoms with E-state index in [-0.39, 0.29) is 29.8 Å². The molecule has 0 radical (unpaired) electrons. The lowest BCUT2D eigenvalue weighted by Gasteiger charge is -2.32. The van der Waals surface area contributed by atoms with Crippen LogP contribution in [0.1, 0.15) is 96.6 Å². The second-order valence-electron chi connectivity index (χ2n) is 10.4. The van der Waals surface area contributed by atoms with Gasteiger partial charge in [0.05, 0.1) is 25.3 Å². The summed E-state index contributed by atoms with van der Waals surface area (Å²) >= 11 is 0. The first-order valence-corrected chi connectivity index (χ1v) is 12.5. The molecule has 2 aromatic carbocycles. The molecule has 0 aliphatic heterocycles. The second-order valence-corrected chi connectivity index (χ2v) is 10.4. The van der Waals surface area contributed by atoms with Crippen molar-refractivity contribution in [2.24, 2.45) is 0 Å². The predicted molar refractivity (Wildman–Crippen MR) is 137 cm³/mol. The molecule has 0 bridgehead atoms. The maximum Gasteiger partial charge on any atom is 0.407 e. The van der Waals surface area contributed by atoms with Crippen LogP contribution in [0.5, 0.6) is 0 Å². The minimum atomic E-state index is -0.585. The van der Waals surface area contributed by atoms with Gasteiger partial charge in [-0.1, -0.05) is 30.7 Å². The summed E-state index contributed by atoms with van der Waals surface area (Å²) in [4.78, 5) is 36.3. The Hall–Kier alpha value is -3.35. The van der Waals surface area contributed by atoms with Crippen LogP contribution in [0, 0.1) is 0 Å². The van der Waals surface area contributed by atoms with Gasteiger partial charge in [-0.3, -0.25) is 0 Å². The van der Waals surface area contributed by atoms with Crippen molar-refractivity contribution in [3.05, 3.63) is 70.8 Å². The average Bonchev–Trinajstić information content (AvgIpc) is 2.83. The number of nitrogens with one attached hydrogen (secondary N) is 1. The molecule has 1 aliphatic carbocycles. The minimum absolute atomic E-state index is 0.101. The summed E-state index contributed by atoms with van der Waals surface area (Å²) in [5.41, 5.74) is 2.73. The zero-order chi connectivity index (χ0) is 26.3. The number of esters is 2. The summed E-state index contributed by atoms with van der Waals surface area (Å²) in [5.74, 6) is -0.243. The molecule has 1 saturated carbocycles. The van der Waals surface area contributed by atoms with Gasteiger partial charge in [0.15, 0.2) is 0 Å². The van der Waals surface area contributed by atoms with Gasteiger partial charge in [-0.2, -0.15) is 0 Å². The minimum Gasteiger partial charge on any atom is -0.465 e. The summed E-state index contributed by atoms with van der Waals surface area (Å²) in [6.07, 6.45) is 4.03. The predicted octanol–water partition coefficient (Wildman–Crippen LogP) is 5.98. The molecule has 1 amide bonds. The standard InChI is InChI=1S/C29H37NO6/c1-29(2,3)36-28(33)30-25-17-23(19-9-13-21(14-10-19)26(31)34-4)7-6-8-24(18-25)20-11-15-22(16-12-20)27(32)35-5/h9-16,23-25H,6-8,17-18H2,1-5H3,(H,30,33)/t23-,24?,25?/m0/s1. The van der Waals surface area contributed by atoms with Gasteiger partial charge in [-0.25, -0.2) is 14.4 Å². The Bertz CT molecular complexity index is 969. The van der Waals surface area contributed by atoms with Crippen molar-refractivity contribution in [1.82, 2.24) is 5.32 Å². The third-order valence-corrected chi connectivity index (χ3v) is 6.57. The Kier molecular flexibility index (Phi) is 9.13. The molecule has 7 nitrogen and oxygen atoms in total. The highest BCUT2D eigenvalue weighted by molar-refractivity contribution is 5.89. The van der Waals surface area contributed by atoms with Crippen LogP contribution in [0.4, 0.5) is 4.79 Å². The Morgan fingerprint density at radius 3 is 1.53 bits per heavy atom. The van der Waals surface area contributed by atoms with Gasteiger partial charge < -0.3 is 19.5 Å². The second kappa shape index (κ2) is 12.1. The molecule has 1 fully saturated rings. The molecule has 1 N–H and O–H groups in total. The van der Waals surface area contributed by atoms with E-state index in [0.29, 0.717) is 11.1 Å². The number of hydrogen-bond donors (Lipinski definition) is 1. The Morgan fingerprint density at radius 1 is 0.750 bits per heavy atom. The molecule has 36 heavy (non-hydrogen) atoms. The number of benzene rings is 2. The lowest BCUT2D eigenvalue weighted by molar-refractivity contribution is 0.0490. The smallest absolute Gasteiger partial charge is 0.407 e. The Morgan fingerprint density at radius 2 is 1.17 bits per heavy atom. The number of ether oxygens (including phenoxy) is 3. The number of methoxy groups -OCH3 is 2. The van der Waals surface area contributed by atoms with Gasteiger partial charge >= 0.3 is 18.0 Å². The number of amides is 1. The van der Waals surface area contributed by atoms with Crippen LogP contribution in [0.2, 0.25) is 0 Å². The Labute approximate surface area is 213 Å². The van der Waals surface area contributed by atoms with Crippen molar-refractivity contribution >= 4 is 18.0 Å². The van der Waals surface area contributed by atoms with Crippen molar-refractivity contribution < 1.29 is 28.6 Å². The summed E-state index contributed by atoms with van der Waals surface area (Å²) in [7, 11) is 2.74. The summed E-state index contributed by atoms with van der Waals surface area (Å²) < 4.78 is 15.2. The number of alkyl carbamates (subject to hydrolysis) is 1. The first-order valence-electron chi connectivity index (χ1n) is 12.5. The average molecular weight is 496 g/mol. The molecule has 2 unspecified atom stereocenters. The maximum atomic E-state index is 12.7. The van der Waals surface area contributed by atoms with Crippen LogP contribution in [-0.2, 0) is 14.2 Å². The first-order chi connectivity index (χ1) is 17.1. The van der Waals surface area contributed by atoms with Gasteiger partial charge in [0.1, 0.15) is 5.60 Å².